The van der Waals surface area contributed by atoms with E-state index in [4.69, 9.17) is 19.9 Å². The Labute approximate surface area is 102 Å². The monoisotopic (exact) mass is 237 g/mol. The van der Waals surface area contributed by atoms with Crippen molar-refractivity contribution in [1.29, 1.82) is 0 Å². The molecule has 1 unspecified atom stereocenters. The van der Waals surface area contributed by atoms with Crippen LogP contribution in [0.2, 0.25) is 0 Å². The summed E-state index contributed by atoms with van der Waals surface area (Å²) in [5.74, 6) is 2.13. The van der Waals surface area contributed by atoms with E-state index >= 15 is 0 Å². The molecule has 94 valence electrons. The van der Waals surface area contributed by atoms with Gasteiger partial charge in [-0.05, 0) is 19.9 Å². The number of rotatable bonds is 2. The quantitative estimate of drug-likeness (QED) is 0.857. The number of methoxy groups -OCH3 is 2. The first-order chi connectivity index (χ1) is 7.96. The second-order valence-electron chi connectivity index (χ2n) is 4.92. The van der Waals surface area contributed by atoms with E-state index < -0.39 is 0 Å². The lowest BCUT2D eigenvalue weighted by Gasteiger charge is -2.36. The number of benzene rings is 1. The fourth-order valence-corrected chi connectivity index (χ4v) is 2.23. The molecule has 0 spiro atoms. The Kier molecular flexibility index (Phi) is 2.91. The Bertz CT molecular complexity index is 429. The van der Waals surface area contributed by atoms with Crippen LogP contribution in [0.3, 0.4) is 0 Å². The normalized spacial score (nSPS) is 21.4. The van der Waals surface area contributed by atoms with Crippen LogP contribution in [0.1, 0.15) is 31.9 Å². The van der Waals surface area contributed by atoms with Crippen molar-refractivity contribution >= 4 is 0 Å². The van der Waals surface area contributed by atoms with Gasteiger partial charge in [-0.1, -0.05) is 0 Å². The van der Waals surface area contributed by atoms with E-state index in [1.165, 1.54) is 0 Å². The van der Waals surface area contributed by atoms with Gasteiger partial charge in [0, 0.05) is 24.1 Å². The third-order valence-corrected chi connectivity index (χ3v) is 3.01. The number of ether oxygens (including phenoxy) is 3. The number of hydrogen-bond donors (Lipinski definition) is 1. The molecule has 0 aliphatic carbocycles. The molecular formula is C13H19NO3. The molecule has 4 heteroatoms. The van der Waals surface area contributed by atoms with Crippen LogP contribution in [-0.2, 0) is 0 Å². The molecule has 0 fully saturated rings. The Hall–Kier alpha value is -1.42. The van der Waals surface area contributed by atoms with Crippen molar-refractivity contribution in [2.24, 2.45) is 5.73 Å². The average Bonchev–Trinajstić information content (AvgIpc) is 2.26. The van der Waals surface area contributed by atoms with E-state index in [9.17, 15) is 0 Å². The van der Waals surface area contributed by atoms with E-state index in [1.54, 1.807) is 14.2 Å². The summed E-state index contributed by atoms with van der Waals surface area (Å²) in [5.41, 5.74) is 6.89. The Morgan fingerprint density at radius 1 is 1.24 bits per heavy atom. The van der Waals surface area contributed by atoms with Crippen LogP contribution in [-0.4, -0.2) is 19.8 Å². The number of fused-ring (bicyclic) bond motifs is 1. The van der Waals surface area contributed by atoms with E-state index in [0.717, 1.165) is 17.7 Å². The maximum absolute atomic E-state index is 6.16. The highest BCUT2D eigenvalue weighted by atomic mass is 16.5. The van der Waals surface area contributed by atoms with Gasteiger partial charge in [0.05, 0.1) is 14.2 Å². The van der Waals surface area contributed by atoms with Gasteiger partial charge in [-0.15, -0.1) is 0 Å². The fourth-order valence-electron chi connectivity index (χ4n) is 2.23. The lowest BCUT2D eigenvalue weighted by Crippen LogP contribution is -2.37. The lowest BCUT2D eigenvalue weighted by molar-refractivity contribution is 0.0723. The molecule has 1 aliphatic rings. The summed E-state index contributed by atoms with van der Waals surface area (Å²) >= 11 is 0. The Morgan fingerprint density at radius 2 is 1.82 bits per heavy atom. The molecule has 1 heterocycles. The maximum atomic E-state index is 6.16. The lowest BCUT2D eigenvalue weighted by atomic mass is 9.90. The molecule has 4 nitrogen and oxygen atoms in total. The summed E-state index contributed by atoms with van der Waals surface area (Å²) in [6.07, 6.45) is 0.787. The smallest absolute Gasteiger partial charge is 0.164 e. The van der Waals surface area contributed by atoms with Crippen LogP contribution < -0.4 is 19.9 Å². The molecule has 0 saturated carbocycles. The van der Waals surface area contributed by atoms with Crippen molar-refractivity contribution in [3.8, 4) is 17.2 Å². The van der Waals surface area contributed by atoms with Crippen LogP contribution in [0.5, 0.6) is 17.2 Å². The minimum absolute atomic E-state index is 0.0337. The molecule has 1 aromatic carbocycles. The summed E-state index contributed by atoms with van der Waals surface area (Å²) < 4.78 is 16.4. The molecule has 0 amide bonds. The molecule has 0 radical (unpaired) electrons. The van der Waals surface area contributed by atoms with Crippen LogP contribution in [0.25, 0.3) is 0 Å². The highest BCUT2D eigenvalue weighted by Gasteiger charge is 2.32. The summed E-state index contributed by atoms with van der Waals surface area (Å²) in [6, 6.07) is 3.71. The van der Waals surface area contributed by atoms with Gasteiger partial charge in [0.2, 0.25) is 0 Å². The zero-order chi connectivity index (χ0) is 12.6. The molecule has 0 bridgehead atoms. The van der Waals surface area contributed by atoms with Gasteiger partial charge in [-0.2, -0.15) is 0 Å². The standard InChI is InChI=1S/C13H19NO3/c1-13(2)7-9(14)8-5-11(15-3)12(16-4)6-10(8)17-13/h5-6,9H,7,14H2,1-4H3. The molecule has 17 heavy (non-hydrogen) atoms. The van der Waals surface area contributed by atoms with Crippen molar-refractivity contribution in [2.45, 2.75) is 31.9 Å². The van der Waals surface area contributed by atoms with E-state index in [0.29, 0.717) is 11.5 Å². The van der Waals surface area contributed by atoms with Crippen LogP contribution in [0.15, 0.2) is 12.1 Å². The topological polar surface area (TPSA) is 53.7 Å². The van der Waals surface area contributed by atoms with Gasteiger partial charge in [0.1, 0.15) is 11.4 Å². The number of nitrogens with two attached hydrogens (primary N) is 1. The SMILES string of the molecule is COc1cc2c(cc1OC)C(N)CC(C)(C)O2. The van der Waals surface area contributed by atoms with Gasteiger partial charge in [0.25, 0.3) is 0 Å². The number of hydrogen-bond acceptors (Lipinski definition) is 4. The minimum Gasteiger partial charge on any atom is -0.493 e. The summed E-state index contributed by atoms with van der Waals surface area (Å²) in [7, 11) is 3.22. The molecule has 2 N–H and O–H groups in total. The fraction of sp³-hybridized carbons (Fsp3) is 0.538. The van der Waals surface area contributed by atoms with Gasteiger partial charge in [0.15, 0.2) is 11.5 Å². The largest absolute Gasteiger partial charge is 0.493 e. The highest BCUT2D eigenvalue weighted by molar-refractivity contribution is 5.52. The molecule has 1 atom stereocenters. The first kappa shape index (κ1) is 12.0. The summed E-state index contributed by atoms with van der Waals surface area (Å²) in [5, 5.41) is 0. The van der Waals surface area contributed by atoms with Crippen molar-refractivity contribution < 1.29 is 14.2 Å². The van der Waals surface area contributed by atoms with Gasteiger partial charge < -0.3 is 19.9 Å². The van der Waals surface area contributed by atoms with Crippen molar-refractivity contribution in [3.63, 3.8) is 0 Å². The predicted molar refractivity (Wildman–Crippen MR) is 65.8 cm³/mol. The third-order valence-electron chi connectivity index (χ3n) is 3.01. The van der Waals surface area contributed by atoms with Gasteiger partial charge in [-0.25, -0.2) is 0 Å². The predicted octanol–water partition coefficient (Wildman–Crippen LogP) is 2.26. The molecule has 1 aliphatic heterocycles. The average molecular weight is 237 g/mol. The van der Waals surface area contributed by atoms with E-state index in [2.05, 4.69) is 0 Å². The molecule has 0 saturated heterocycles. The minimum atomic E-state index is -0.244. The Balaban J connectivity index is 2.50. The van der Waals surface area contributed by atoms with Crippen LogP contribution >= 0.6 is 0 Å². The summed E-state index contributed by atoms with van der Waals surface area (Å²) in [6.45, 7) is 4.07. The molecule has 1 aromatic rings. The van der Waals surface area contributed by atoms with Crippen molar-refractivity contribution in [1.82, 2.24) is 0 Å². The van der Waals surface area contributed by atoms with Crippen molar-refractivity contribution in [2.75, 3.05) is 14.2 Å². The maximum Gasteiger partial charge on any atom is 0.164 e. The first-order valence-electron chi connectivity index (χ1n) is 5.67. The zero-order valence-corrected chi connectivity index (χ0v) is 10.7. The molecule has 2 rings (SSSR count). The van der Waals surface area contributed by atoms with E-state index in [-0.39, 0.29) is 11.6 Å². The van der Waals surface area contributed by atoms with Crippen LogP contribution in [0.4, 0.5) is 0 Å². The second-order valence-corrected chi connectivity index (χ2v) is 4.92. The third kappa shape index (κ3) is 2.17. The Morgan fingerprint density at radius 3 is 2.41 bits per heavy atom. The van der Waals surface area contributed by atoms with E-state index in [1.807, 2.05) is 26.0 Å². The van der Waals surface area contributed by atoms with Gasteiger partial charge >= 0.3 is 0 Å². The van der Waals surface area contributed by atoms with Gasteiger partial charge in [-0.3, -0.25) is 0 Å². The second kappa shape index (κ2) is 4.11. The van der Waals surface area contributed by atoms with Crippen molar-refractivity contribution in [3.05, 3.63) is 17.7 Å². The molecular weight excluding hydrogens is 218 g/mol. The zero-order valence-electron chi connectivity index (χ0n) is 10.7. The first-order valence-corrected chi connectivity index (χ1v) is 5.67. The van der Waals surface area contributed by atoms with Crippen LogP contribution in [0, 0.1) is 0 Å². The highest BCUT2D eigenvalue weighted by Crippen LogP contribution is 2.43. The summed E-state index contributed by atoms with van der Waals surface area (Å²) in [4.78, 5) is 0. The molecule has 0 aromatic heterocycles.